The van der Waals surface area contributed by atoms with Crippen LogP contribution in [0.25, 0.3) is 0 Å². The molecular formula is C13H17N3O3. The van der Waals surface area contributed by atoms with Crippen LogP contribution >= 0.6 is 0 Å². The molecule has 3 N–H and O–H groups in total. The van der Waals surface area contributed by atoms with Crippen molar-refractivity contribution in [2.45, 2.75) is 12.5 Å². The molecule has 1 saturated heterocycles. The van der Waals surface area contributed by atoms with Gasteiger partial charge >= 0.3 is 0 Å². The van der Waals surface area contributed by atoms with E-state index in [1.807, 2.05) is 7.05 Å². The number of nitrogens with one attached hydrogen (secondary N) is 1. The Hall–Kier alpha value is -1.95. The maximum Gasteiger partial charge on any atom is 0.253 e. The van der Waals surface area contributed by atoms with E-state index in [2.05, 4.69) is 10.2 Å². The van der Waals surface area contributed by atoms with Gasteiger partial charge in [0.05, 0.1) is 5.56 Å². The molecule has 1 aromatic carbocycles. The first-order valence-electron chi connectivity index (χ1n) is 6.32. The molecule has 6 heteroatoms. The van der Waals surface area contributed by atoms with Gasteiger partial charge in [0.2, 0.25) is 6.79 Å². The van der Waals surface area contributed by atoms with Gasteiger partial charge in [0, 0.05) is 24.3 Å². The predicted molar refractivity (Wildman–Crippen MR) is 70.3 cm³/mol. The van der Waals surface area contributed by atoms with Gasteiger partial charge in [-0.3, -0.25) is 4.79 Å². The number of rotatable bonds is 2. The average Bonchev–Trinajstić information content (AvgIpc) is 2.96. The molecule has 1 aromatic rings. The molecule has 2 aliphatic rings. The van der Waals surface area contributed by atoms with Gasteiger partial charge in [0.15, 0.2) is 11.5 Å². The smallest absolute Gasteiger partial charge is 0.253 e. The van der Waals surface area contributed by atoms with Crippen molar-refractivity contribution in [1.29, 1.82) is 0 Å². The van der Waals surface area contributed by atoms with Crippen molar-refractivity contribution in [2.75, 3.05) is 32.7 Å². The lowest BCUT2D eigenvalue weighted by Gasteiger charge is -2.14. The Kier molecular flexibility index (Phi) is 2.94. The van der Waals surface area contributed by atoms with Gasteiger partial charge in [-0.2, -0.15) is 0 Å². The van der Waals surface area contributed by atoms with E-state index in [1.54, 1.807) is 12.1 Å². The number of fused-ring (bicyclic) bond motifs is 1. The zero-order valence-electron chi connectivity index (χ0n) is 10.8. The molecule has 0 bridgehead atoms. The number of anilines is 1. The summed E-state index contributed by atoms with van der Waals surface area (Å²) >= 11 is 0. The van der Waals surface area contributed by atoms with Crippen LogP contribution < -0.4 is 20.5 Å². The van der Waals surface area contributed by atoms with Crippen LogP contribution in [0.15, 0.2) is 12.1 Å². The minimum Gasteiger partial charge on any atom is -0.454 e. The lowest BCUT2D eigenvalue weighted by Crippen LogP contribution is -2.36. The zero-order valence-corrected chi connectivity index (χ0v) is 10.8. The number of likely N-dealkylation sites (tertiary alicyclic amines) is 1. The topological polar surface area (TPSA) is 76.8 Å². The van der Waals surface area contributed by atoms with Crippen LogP contribution in [0.1, 0.15) is 16.8 Å². The quantitative estimate of drug-likeness (QED) is 0.757. The minimum absolute atomic E-state index is 0.156. The molecule has 1 fully saturated rings. The van der Waals surface area contributed by atoms with E-state index in [-0.39, 0.29) is 18.7 Å². The van der Waals surface area contributed by atoms with E-state index in [1.165, 1.54) is 0 Å². The van der Waals surface area contributed by atoms with Crippen molar-refractivity contribution in [3.63, 3.8) is 0 Å². The molecule has 0 saturated carbocycles. The highest BCUT2D eigenvalue weighted by atomic mass is 16.7. The Morgan fingerprint density at radius 2 is 2.16 bits per heavy atom. The summed E-state index contributed by atoms with van der Waals surface area (Å²) in [6.45, 7) is 2.05. The zero-order chi connectivity index (χ0) is 13.4. The van der Waals surface area contributed by atoms with Crippen molar-refractivity contribution in [2.24, 2.45) is 0 Å². The number of ether oxygens (including phenoxy) is 2. The summed E-state index contributed by atoms with van der Waals surface area (Å²) in [4.78, 5) is 14.4. The second kappa shape index (κ2) is 4.62. The van der Waals surface area contributed by atoms with Crippen molar-refractivity contribution in [3.05, 3.63) is 17.7 Å². The molecule has 6 nitrogen and oxygen atoms in total. The minimum atomic E-state index is -0.156. The first-order chi connectivity index (χ1) is 9.13. The highest BCUT2D eigenvalue weighted by Gasteiger charge is 2.24. The summed E-state index contributed by atoms with van der Waals surface area (Å²) in [5, 5.41) is 3.00. The molecule has 102 valence electrons. The van der Waals surface area contributed by atoms with Gasteiger partial charge < -0.3 is 25.4 Å². The van der Waals surface area contributed by atoms with Crippen LogP contribution in [-0.4, -0.2) is 43.8 Å². The summed E-state index contributed by atoms with van der Waals surface area (Å²) < 4.78 is 10.5. The van der Waals surface area contributed by atoms with Gasteiger partial charge in [-0.15, -0.1) is 0 Å². The Bertz CT molecular complexity index is 518. The number of carbonyl (C=O) groups excluding carboxylic acids is 1. The molecule has 0 aromatic heterocycles. The fraction of sp³-hybridized carbons (Fsp3) is 0.462. The summed E-state index contributed by atoms with van der Waals surface area (Å²) in [5.41, 5.74) is 6.74. The number of nitrogens with zero attached hydrogens (tertiary/aromatic N) is 1. The molecule has 0 aliphatic carbocycles. The lowest BCUT2D eigenvalue weighted by molar-refractivity contribution is 0.0939. The molecule has 2 heterocycles. The second-order valence-electron chi connectivity index (χ2n) is 5.01. The second-order valence-corrected chi connectivity index (χ2v) is 5.01. The number of benzene rings is 1. The summed E-state index contributed by atoms with van der Waals surface area (Å²) in [5.74, 6) is 1.01. The molecule has 1 amide bonds. The van der Waals surface area contributed by atoms with Crippen molar-refractivity contribution < 1.29 is 14.3 Å². The average molecular weight is 263 g/mol. The summed E-state index contributed by atoms with van der Waals surface area (Å²) in [6.07, 6.45) is 0.965. The van der Waals surface area contributed by atoms with Gasteiger partial charge in [0.25, 0.3) is 5.91 Å². The van der Waals surface area contributed by atoms with Crippen LogP contribution in [0.5, 0.6) is 11.5 Å². The maximum atomic E-state index is 12.2. The third kappa shape index (κ3) is 2.31. The van der Waals surface area contributed by atoms with Crippen LogP contribution in [0.3, 0.4) is 0 Å². The number of likely N-dealkylation sites (N-methyl/N-ethyl adjacent to an activating group) is 1. The van der Waals surface area contributed by atoms with Crippen LogP contribution in [0.2, 0.25) is 0 Å². The number of carbonyl (C=O) groups is 1. The van der Waals surface area contributed by atoms with Crippen LogP contribution in [0.4, 0.5) is 5.69 Å². The summed E-state index contributed by atoms with van der Waals surface area (Å²) in [6, 6.07) is 3.46. The van der Waals surface area contributed by atoms with E-state index < -0.39 is 0 Å². The van der Waals surface area contributed by atoms with Crippen molar-refractivity contribution >= 4 is 11.6 Å². The Balaban J connectivity index is 1.76. The number of amides is 1. The van der Waals surface area contributed by atoms with E-state index in [4.69, 9.17) is 15.2 Å². The molecule has 3 rings (SSSR count). The van der Waals surface area contributed by atoms with Gasteiger partial charge in [0.1, 0.15) is 0 Å². The monoisotopic (exact) mass is 263 g/mol. The van der Waals surface area contributed by atoms with Crippen molar-refractivity contribution in [1.82, 2.24) is 10.2 Å². The lowest BCUT2D eigenvalue weighted by atomic mass is 10.1. The molecule has 2 aliphatic heterocycles. The molecular weight excluding hydrogens is 246 g/mol. The molecule has 1 atom stereocenters. The highest BCUT2D eigenvalue weighted by Crippen LogP contribution is 2.35. The largest absolute Gasteiger partial charge is 0.454 e. The van der Waals surface area contributed by atoms with Crippen LogP contribution in [-0.2, 0) is 0 Å². The highest BCUT2D eigenvalue weighted by molar-refractivity contribution is 6.00. The maximum absolute atomic E-state index is 12.2. The number of hydrogen-bond acceptors (Lipinski definition) is 5. The SMILES string of the molecule is CN1CCC(NC(=O)c2cc3c(cc2N)OCO3)C1. The molecule has 19 heavy (non-hydrogen) atoms. The normalized spacial score (nSPS) is 21.6. The fourth-order valence-corrected chi connectivity index (χ4v) is 2.47. The van der Waals surface area contributed by atoms with E-state index in [9.17, 15) is 4.79 Å². The number of hydrogen-bond donors (Lipinski definition) is 2. The molecule has 0 radical (unpaired) electrons. The third-order valence-electron chi connectivity index (χ3n) is 3.52. The van der Waals surface area contributed by atoms with E-state index in [0.717, 1.165) is 19.5 Å². The number of nitrogens with two attached hydrogens (primary N) is 1. The Morgan fingerprint density at radius 1 is 1.42 bits per heavy atom. The molecule has 0 spiro atoms. The van der Waals surface area contributed by atoms with E-state index >= 15 is 0 Å². The number of nitrogen functional groups attached to an aromatic ring is 1. The van der Waals surface area contributed by atoms with Gasteiger partial charge in [-0.25, -0.2) is 0 Å². The fourth-order valence-electron chi connectivity index (χ4n) is 2.47. The van der Waals surface area contributed by atoms with E-state index in [0.29, 0.717) is 22.7 Å². The Labute approximate surface area is 111 Å². The third-order valence-corrected chi connectivity index (χ3v) is 3.52. The van der Waals surface area contributed by atoms with Gasteiger partial charge in [-0.1, -0.05) is 0 Å². The van der Waals surface area contributed by atoms with Crippen molar-refractivity contribution in [3.8, 4) is 11.5 Å². The molecule has 1 unspecified atom stereocenters. The van der Waals surface area contributed by atoms with Gasteiger partial charge in [-0.05, 0) is 26.1 Å². The van der Waals surface area contributed by atoms with Crippen LogP contribution in [0, 0.1) is 0 Å². The standard InChI is InChI=1S/C13H17N3O3/c1-16-3-2-8(6-16)15-13(17)9-4-11-12(5-10(9)14)19-7-18-11/h4-5,8H,2-3,6-7,14H2,1H3,(H,15,17). The summed E-state index contributed by atoms with van der Waals surface area (Å²) in [7, 11) is 2.04. The predicted octanol–water partition coefficient (Wildman–Crippen LogP) is 0.431. The first-order valence-corrected chi connectivity index (χ1v) is 6.32. The first kappa shape index (κ1) is 12.1. The Morgan fingerprint density at radius 3 is 2.84 bits per heavy atom.